The molecule has 0 aliphatic carbocycles. The van der Waals surface area contributed by atoms with E-state index in [1.54, 1.807) is 0 Å². The number of nitrogens with two attached hydrogens (primary N) is 1. The van der Waals surface area contributed by atoms with Crippen molar-refractivity contribution in [1.82, 2.24) is 4.90 Å². The van der Waals surface area contributed by atoms with Gasteiger partial charge in [0.1, 0.15) is 11.5 Å². The summed E-state index contributed by atoms with van der Waals surface area (Å²) in [6, 6.07) is 4.56. The van der Waals surface area contributed by atoms with E-state index in [0.29, 0.717) is 12.0 Å². The zero-order valence-corrected chi connectivity index (χ0v) is 10.3. The van der Waals surface area contributed by atoms with Gasteiger partial charge >= 0.3 is 0 Å². The van der Waals surface area contributed by atoms with Crippen LogP contribution in [0.1, 0.15) is 37.3 Å². The summed E-state index contributed by atoms with van der Waals surface area (Å²) in [5, 5.41) is 0. The molecule has 1 fully saturated rings. The number of rotatable bonds is 4. The van der Waals surface area contributed by atoms with Gasteiger partial charge in [-0.05, 0) is 57.5 Å². The van der Waals surface area contributed by atoms with Crippen LogP contribution < -0.4 is 5.73 Å². The highest BCUT2D eigenvalue weighted by molar-refractivity contribution is 5.13. The van der Waals surface area contributed by atoms with Crippen molar-refractivity contribution in [2.24, 2.45) is 11.7 Å². The van der Waals surface area contributed by atoms with Crippen LogP contribution in [-0.2, 0) is 0 Å². The molecule has 0 spiro atoms. The van der Waals surface area contributed by atoms with Crippen molar-refractivity contribution in [2.75, 3.05) is 19.6 Å². The average Bonchev–Trinajstić information content (AvgIpc) is 2.85. The van der Waals surface area contributed by atoms with Gasteiger partial charge in [-0.2, -0.15) is 0 Å². The van der Waals surface area contributed by atoms with Crippen molar-refractivity contribution in [3.05, 3.63) is 23.7 Å². The van der Waals surface area contributed by atoms with E-state index in [9.17, 15) is 0 Å². The predicted octanol–water partition coefficient (Wildman–Crippen LogP) is 2.32. The lowest BCUT2D eigenvalue weighted by molar-refractivity contribution is 0.200. The van der Waals surface area contributed by atoms with Gasteiger partial charge < -0.3 is 10.2 Å². The molecular weight excluding hydrogens is 200 g/mol. The minimum atomic E-state index is 0.402. The fourth-order valence-electron chi connectivity index (χ4n) is 2.74. The van der Waals surface area contributed by atoms with Gasteiger partial charge in [0.05, 0.1) is 6.04 Å². The number of furan rings is 1. The fourth-order valence-corrected chi connectivity index (χ4v) is 2.74. The van der Waals surface area contributed by atoms with Gasteiger partial charge in [0.2, 0.25) is 0 Å². The Morgan fingerprint density at radius 2 is 2.31 bits per heavy atom. The molecule has 3 heteroatoms. The summed E-state index contributed by atoms with van der Waals surface area (Å²) in [6.07, 6.45) is 2.38. The molecule has 1 aliphatic heterocycles. The Hall–Kier alpha value is -0.800. The summed E-state index contributed by atoms with van der Waals surface area (Å²) in [4.78, 5) is 2.51. The van der Waals surface area contributed by atoms with E-state index in [-0.39, 0.29) is 0 Å². The Morgan fingerprint density at radius 1 is 1.50 bits per heavy atom. The Kier molecular flexibility index (Phi) is 3.66. The van der Waals surface area contributed by atoms with E-state index in [1.165, 1.54) is 12.8 Å². The molecule has 0 aromatic carbocycles. The van der Waals surface area contributed by atoms with E-state index >= 15 is 0 Å². The second-order valence-corrected chi connectivity index (χ2v) is 4.71. The molecule has 2 unspecified atom stereocenters. The zero-order chi connectivity index (χ0) is 11.5. The number of hydrogen-bond acceptors (Lipinski definition) is 3. The summed E-state index contributed by atoms with van der Waals surface area (Å²) in [7, 11) is 0. The van der Waals surface area contributed by atoms with Crippen LogP contribution in [0.4, 0.5) is 0 Å². The van der Waals surface area contributed by atoms with Gasteiger partial charge in [-0.15, -0.1) is 0 Å². The summed E-state index contributed by atoms with van der Waals surface area (Å²) in [5.41, 5.74) is 5.86. The summed E-state index contributed by atoms with van der Waals surface area (Å²) in [5.74, 6) is 2.64. The van der Waals surface area contributed by atoms with Gasteiger partial charge in [-0.25, -0.2) is 0 Å². The molecule has 1 saturated heterocycles. The Morgan fingerprint density at radius 3 is 2.88 bits per heavy atom. The SMILES string of the molecule is CCCN1CCC(CN)C1c1ccc(C)o1. The van der Waals surface area contributed by atoms with Gasteiger partial charge in [0.25, 0.3) is 0 Å². The van der Waals surface area contributed by atoms with Gasteiger partial charge in [0, 0.05) is 0 Å². The topological polar surface area (TPSA) is 42.4 Å². The van der Waals surface area contributed by atoms with Crippen LogP contribution >= 0.6 is 0 Å². The van der Waals surface area contributed by atoms with E-state index in [2.05, 4.69) is 17.9 Å². The van der Waals surface area contributed by atoms with Gasteiger partial charge in [-0.3, -0.25) is 4.90 Å². The quantitative estimate of drug-likeness (QED) is 0.850. The number of nitrogens with zero attached hydrogens (tertiary/aromatic N) is 1. The maximum atomic E-state index is 5.86. The third-order valence-electron chi connectivity index (χ3n) is 3.49. The minimum Gasteiger partial charge on any atom is -0.465 e. The minimum absolute atomic E-state index is 0.402. The van der Waals surface area contributed by atoms with Crippen molar-refractivity contribution in [2.45, 2.75) is 32.7 Å². The first-order valence-corrected chi connectivity index (χ1v) is 6.26. The molecule has 2 rings (SSSR count). The van der Waals surface area contributed by atoms with E-state index in [4.69, 9.17) is 10.2 Å². The molecular formula is C13H22N2O. The predicted molar refractivity (Wildman–Crippen MR) is 65.2 cm³/mol. The van der Waals surface area contributed by atoms with Crippen LogP contribution in [0.25, 0.3) is 0 Å². The molecule has 16 heavy (non-hydrogen) atoms. The Bertz CT molecular complexity index is 334. The lowest BCUT2D eigenvalue weighted by Gasteiger charge is -2.25. The molecule has 0 radical (unpaired) electrons. The lowest BCUT2D eigenvalue weighted by atomic mass is 9.98. The van der Waals surface area contributed by atoms with Crippen LogP contribution in [0, 0.1) is 12.8 Å². The van der Waals surface area contributed by atoms with Crippen LogP contribution in [0.5, 0.6) is 0 Å². The molecule has 0 saturated carbocycles. The van der Waals surface area contributed by atoms with Crippen LogP contribution in [0.15, 0.2) is 16.5 Å². The summed E-state index contributed by atoms with van der Waals surface area (Å²) < 4.78 is 5.78. The highest BCUT2D eigenvalue weighted by atomic mass is 16.3. The molecule has 2 atom stereocenters. The first-order chi connectivity index (χ1) is 7.76. The van der Waals surface area contributed by atoms with Gasteiger partial charge in [-0.1, -0.05) is 6.92 Å². The molecule has 3 nitrogen and oxygen atoms in total. The molecule has 0 bridgehead atoms. The standard InChI is InChI=1S/C13H22N2O/c1-3-7-15-8-6-11(9-14)13(15)12-5-4-10(2)16-12/h4-5,11,13H,3,6-9,14H2,1-2H3. The Labute approximate surface area is 97.6 Å². The Balaban J connectivity index is 2.18. The maximum Gasteiger partial charge on any atom is 0.121 e. The third kappa shape index (κ3) is 2.15. The zero-order valence-electron chi connectivity index (χ0n) is 10.3. The maximum absolute atomic E-state index is 5.86. The normalized spacial score (nSPS) is 26.4. The fraction of sp³-hybridized carbons (Fsp3) is 0.692. The smallest absolute Gasteiger partial charge is 0.121 e. The van der Waals surface area contributed by atoms with Crippen molar-refractivity contribution in [3.63, 3.8) is 0 Å². The molecule has 90 valence electrons. The second kappa shape index (κ2) is 5.02. The summed E-state index contributed by atoms with van der Waals surface area (Å²) >= 11 is 0. The molecule has 2 heterocycles. The monoisotopic (exact) mass is 222 g/mol. The van der Waals surface area contributed by atoms with Crippen molar-refractivity contribution in [3.8, 4) is 0 Å². The number of hydrogen-bond donors (Lipinski definition) is 1. The van der Waals surface area contributed by atoms with E-state index in [1.807, 2.05) is 13.0 Å². The molecule has 1 aliphatic rings. The summed E-state index contributed by atoms with van der Waals surface area (Å²) in [6.45, 7) is 7.27. The number of aryl methyl sites for hydroxylation is 1. The highest BCUT2D eigenvalue weighted by Crippen LogP contribution is 2.37. The molecule has 1 aromatic rings. The first-order valence-electron chi connectivity index (χ1n) is 6.26. The van der Waals surface area contributed by atoms with E-state index in [0.717, 1.165) is 31.2 Å². The highest BCUT2D eigenvalue weighted by Gasteiger charge is 2.35. The van der Waals surface area contributed by atoms with Crippen LogP contribution in [0.2, 0.25) is 0 Å². The largest absolute Gasteiger partial charge is 0.465 e. The average molecular weight is 222 g/mol. The number of likely N-dealkylation sites (tertiary alicyclic amines) is 1. The van der Waals surface area contributed by atoms with Crippen LogP contribution in [-0.4, -0.2) is 24.5 Å². The first kappa shape index (κ1) is 11.7. The second-order valence-electron chi connectivity index (χ2n) is 4.71. The lowest BCUT2D eigenvalue weighted by Crippen LogP contribution is -2.28. The van der Waals surface area contributed by atoms with E-state index < -0.39 is 0 Å². The third-order valence-corrected chi connectivity index (χ3v) is 3.49. The van der Waals surface area contributed by atoms with Gasteiger partial charge in [0.15, 0.2) is 0 Å². The van der Waals surface area contributed by atoms with Crippen LogP contribution in [0.3, 0.4) is 0 Å². The molecule has 1 aromatic heterocycles. The van der Waals surface area contributed by atoms with Crippen molar-refractivity contribution in [1.29, 1.82) is 0 Å². The van der Waals surface area contributed by atoms with Crippen molar-refractivity contribution < 1.29 is 4.42 Å². The molecule has 2 N–H and O–H groups in total. The molecule has 0 amide bonds. The van der Waals surface area contributed by atoms with Crippen molar-refractivity contribution >= 4 is 0 Å².